The predicted octanol–water partition coefficient (Wildman–Crippen LogP) is 4.50. The van der Waals surface area contributed by atoms with E-state index >= 15 is 0 Å². The van der Waals surface area contributed by atoms with E-state index in [-0.39, 0.29) is 11.4 Å². The molecule has 10 heteroatoms. The Balaban J connectivity index is 1.69. The first-order valence-electron chi connectivity index (χ1n) is 9.87. The molecular formula is C23H14BN5O4. The van der Waals surface area contributed by atoms with E-state index in [1.807, 2.05) is 18.3 Å². The van der Waals surface area contributed by atoms with E-state index in [1.165, 1.54) is 24.3 Å². The maximum absolute atomic E-state index is 11.1. The summed E-state index contributed by atoms with van der Waals surface area (Å²) in [5.74, 6) is 0.563. The molecule has 2 radical (unpaired) electrons. The molecule has 0 atom stereocenters. The van der Waals surface area contributed by atoms with Gasteiger partial charge in [-0.25, -0.2) is 4.98 Å². The van der Waals surface area contributed by atoms with E-state index < -0.39 is 9.85 Å². The van der Waals surface area contributed by atoms with Crippen molar-refractivity contribution in [3.63, 3.8) is 0 Å². The first-order chi connectivity index (χ1) is 15.9. The molecule has 0 fully saturated rings. The Morgan fingerprint density at radius 2 is 1.42 bits per heavy atom. The van der Waals surface area contributed by atoms with Crippen LogP contribution in [-0.2, 0) is 0 Å². The Labute approximate surface area is 187 Å². The standard InChI is InChI=1S/C23H14BN5O4/c24-15-5-10-20-18(11-15)19(12-25-20)23-26-21(13-1-6-16(7-2-13)28(30)31)22(27-23)14-3-8-17(9-4-14)29(32)33/h1-12,25H,(H,26,27). The Morgan fingerprint density at radius 3 is 2.03 bits per heavy atom. The number of imidazole rings is 1. The molecule has 33 heavy (non-hydrogen) atoms. The highest BCUT2D eigenvalue weighted by atomic mass is 16.6. The Kier molecular flexibility index (Phi) is 4.75. The van der Waals surface area contributed by atoms with Crippen molar-refractivity contribution >= 4 is 35.6 Å². The van der Waals surface area contributed by atoms with Gasteiger partial charge >= 0.3 is 0 Å². The number of nitro groups is 2. The summed E-state index contributed by atoms with van der Waals surface area (Å²) in [5.41, 5.74) is 4.79. The maximum atomic E-state index is 11.1. The van der Waals surface area contributed by atoms with Gasteiger partial charge in [-0.1, -0.05) is 17.6 Å². The second kappa shape index (κ2) is 7.76. The lowest BCUT2D eigenvalue weighted by Gasteiger charge is -2.03. The lowest BCUT2D eigenvalue weighted by Crippen LogP contribution is -1.99. The lowest BCUT2D eigenvalue weighted by atomic mass is 9.94. The molecule has 0 unspecified atom stereocenters. The second-order valence-electron chi connectivity index (χ2n) is 7.42. The molecule has 0 aliphatic heterocycles. The zero-order chi connectivity index (χ0) is 23.1. The van der Waals surface area contributed by atoms with Crippen molar-refractivity contribution in [1.82, 2.24) is 15.0 Å². The molecule has 2 aromatic heterocycles. The van der Waals surface area contributed by atoms with Crippen molar-refractivity contribution < 1.29 is 9.85 Å². The van der Waals surface area contributed by atoms with Crippen LogP contribution in [0.1, 0.15) is 0 Å². The van der Waals surface area contributed by atoms with Crippen molar-refractivity contribution in [2.45, 2.75) is 0 Å². The number of fused-ring (bicyclic) bond motifs is 1. The van der Waals surface area contributed by atoms with Crippen LogP contribution in [0, 0.1) is 20.2 Å². The minimum Gasteiger partial charge on any atom is -0.360 e. The van der Waals surface area contributed by atoms with Crippen LogP contribution in [0.3, 0.4) is 0 Å². The number of nitrogens with one attached hydrogen (secondary N) is 2. The number of benzene rings is 3. The third-order valence-electron chi connectivity index (χ3n) is 5.38. The van der Waals surface area contributed by atoms with Crippen molar-refractivity contribution in [2.24, 2.45) is 0 Å². The van der Waals surface area contributed by atoms with Gasteiger partial charge in [0.2, 0.25) is 0 Å². The highest BCUT2D eigenvalue weighted by Crippen LogP contribution is 2.36. The van der Waals surface area contributed by atoms with Crippen LogP contribution in [0.15, 0.2) is 72.9 Å². The van der Waals surface area contributed by atoms with E-state index in [9.17, 15) is 20.2 Å². The highest BCUT2D eigenvalue weighted by Gasteiger charge is 2.19. The zero-order valence-electron chi connectivity index (χ0n) is 17.0. The van der Waals surface area contributed by atoms with Crippen LogP contribution in [-0.4, -0.2) is 32.6 Å². The number of H-pyrrole nitrogens is 2. The van der Waals surface area contributed by atoms with Crippen LogP contribution >= 0.6 is 0 Å². The fourth-order valence-electron chi connectivity index (χ4n) is 3.74. The molecule has 158 valence electrons. The van der Waals surface area contributed by atoms with E-state index in [4.69, 9.17) is 12.8 Å². The van der Waals surface area contributed by atoms with E-state index in [0.717, 1.165) is 16.5 Å². The first kappa shape index (κ1) is 20.2. The Morgan fingerprint density at radius 1 is 0.818 bits per heavy atom. The summed E-state index contributed by atoms with van der Waals surface area (Å²) in [6, 6.07) is 17.7. The van der Waals surface area contributed by atoms with Gasteiger partial charge in [-0.2, -0.15) is 0 Å². The van der Waals surface area contributed by atoms with Gasteiger partial charge in [0.1, 0.15) is 13.7 Å². The van der Waals surface area contributed by atoms with Gasteiger partial charge in [0.15, 0.2) is 0 Å². The van der Waals surface area contributed by atoms with Crippen LogP contribution < -0.4 is 5.46 Å². The topological polar surface area (TPSA) is 131 Å². The maximum Gasteiger partial charge on any atom is 0.269 e. The van der Waals surface area contributed by atoms with Crippen molar-refractivity contribution in [3.05, 3.63) is 93.2 Å². The minimum absolute atomic E-state index is 0.0255. The molecule has 0 saturated heterocycles. The van der Waals surface area contributed by atoms with Crippen LogP contribution in [0.2, 0.25) is 0 Å². The molecule has 0 bridgehead atoms. The van der Waals surface area contributed by atoms with Crippen molar-refractivity contribution in [3.8, 4) is 33.9 Å². The molecule has 5 rings (SSSR count). The number of non-ortho nitro benzene ring substituents is 2. The monoisotopic (exact) mass is 435 g/mol. The first-order valence-corrected chi connectivity index (χ1v) is 9.87. The molecule has 0 saturated carbocycles. The summed E-state index contributed by atoms with van der Waals surface area (Å²) in [6.45, 7) is 0. The third-order valence-corrected chi connectivity index (χ3v) is 5.38. The van der Waals surface area contributed by atoms with Gasteiger partial charge in [-0.05, 0) is 30.3 Å². The minimum atomic E-state index is -0.465. The van der Waals surface area contributed by atoms with Crippen LogP contribution in [0.25, 0.3) is 44.8 Å². The number of rotatable bonds is 5. The quantitative estimate of drug-likeness (QED) is 0.238. The van der Waals surface area contributed by atoms with Gasteiger partial charge in [0, 0.05) is 58.1 Å². The molecule has 5 aromatic rings. The average Bonchev–Trinajstić information content (AvgIpc) is 3.43. The molecule has 0 spiro atoms. The van der Waals surface area contributed by atoms with E-state index in [1.54, 1.807) is 30.3 Å². The summed E-state index contributed by atoms with van der Waals surface area (Å²) in [4.78, 5) is 32.5. The molecular weight excluding hydrogens is 421 g/mol. The van der Waals surface area contributed by atoms with Gasteiger partial charge in [-0.3, -0.25) is 20.2 Å². The van der Waals surface area contributed by atoms with Gasteiger partial charge in [-0.15, -0.1) is 0 Å². The van der Waals surface area contributed by atoms with E-state index in [0.29, 0.717) is 33.8 Å². The van der Waals surface area contributed by atoms with Crippen molar-refractivity contribution in [1.29, 1.82) is 0 Å². The summed E-state index contributed by atoms with van der Waals surface area (Å²) < 4.78 is 0. The average molecular weight is 435 g/mol. The third kappa shape index (κ3) is 3.63. The highest BCUT2D eigenvalue weighted by molar-refractivity contribution is 6.33. The number of aromatic amines is 2. The van der Waals surface area contributed by atoms with Gasteiger partial charge < -0.3 is 9.97 Å². The molecule has 2 N–H and O–H groups in total. The summed E-state index contributed by atoms with van der Waals surface area (Å²) in [6.07, 6.45) is 1.82. The lowest BCUT2D eigenvalue weighted by molar-refractivity contribution is -0.385. The fraction of sp³-hybridized carbons (Fsp3) is 0. The van der Waals surface area contributed by atoms with Gasteiger partial charge in [0.05, 0.1) is 21.2 Å². The smallest absolute Gasteiger partial charge is 0.269 e. The van der Waals surface area contributed by atoms with Crippen LogP contribution in [0.5, 0.6) is 0 Å². The summed E-state index contributed by atoms with van der Waals surface area (Å²) in [7, 11) is 5.97. The molecule has 0 aliphatic carbocycles. The number of nitrogens with zero attached hydrogens (tertiary/aromatic N) is 3. The molecule has 0 aliphatic rings. The Hall–Kier alpha value is -4.73. The number of nitro benzene ring substituents is 2. The zero-order valence-corrected chi connectivity index (χ0v) is 17.0. The number of hydrogen-bond acceptors (Lipinski definition) is 5. The molecule has 3 aromatic carbocycles. The SMILES string of the molecule is [B]c1ccc2[nH]cc(-c3nc(-c4ccc([N+](=O)[O-])cc4)c(-c4ccc([N+](=O)[O-])cc4)[nH]3)c2c1. The summed E-state index contributed by atoms with van der Waals surface area (Å²) >= 11 is 0. The van der Waals surface area contributed by atoms with Crippen LogP contribution in [0.4, 0.5) is 11.4 Å². The predicted molar refractivity (Wildman–Crippen MR) is 125 cm³/mol. The molecule has 9 nitrogen and oxygen atoms in total. The van der Waals surface area contributed by atoms with Crippen molar-refractivity contribution in [2.75, 3.05) is 0 Å². The Bertz CT molecular complexity index is 1450. The molecule has 2 heterocycles. The van der Waals surface area contributed by atoms with E-state index in [2.05, 4.69) is 9.97 Å². The van der Waals surface area contributed by atoms with Gasteiger partial charge in [0.25, 0.3) is 11.4 Å². The number of hydrogen-bond donors (Lipinski definition) is 2. The fourth-order valence-corrected chi connectivity index (χ4v) is 3.74. The number of aromatic nitrogens is 3. The summed E-state index contributed by atoms with van der Waals surface area (Å²) in [5, 5.41) is 23.0. The largest absolute Gasteiger partial charge is 0.360 e. The molecule has 0 amide bonds. The normalized spacial score (nSPS) is 11.0. The second-order valence-corrected chi connectivity index (χ2v) is 7.42.